The van der Waals surface area contributed by atoms with Crippen molar-refractivity contribution in [3.05, 3.63) is 11.0 Å². The minimum absolute atomic E-state index is 0.203. The van der Waals surface area contributed by atoms with Crippen molar-refractivity contribution in [1.29, 1.82) is 0 Å². The van der Waals surface area contributed by atoms with Gasteiger partial charge in [-0.05, 0) is 44.3 Å². The smallest absolute Gasteiger partial charge is 0.155 e. The van der Waals surface area contributed by atoms with Crippen LogP contribution in [0, 0.1) is 5.92 Å². The van der Waals surface area contributed by atoms with Crippen molar-refractivity contribution in [2.45, 2.75) is 38.6 Å². The summed E-state index contributed by atoms with van der Waals surface area (Å²) in [5.74, 6) is 0.611. The van der Waals surface area contributed by atoms with Crippen LogP contribution in [0.4, 0.5) is 0 Å². The zero-order valence-corrected chi connectivity index (χ0v) is 13.1. The summed E-state index contributed by atoms with van der Waals surface area (Å²) in [7, 11) is 0. The Hall–Kier alpha value is -0.320. The Morgan fingerprint density at radius 3 is 2.63 bits per heavy atom. The second-order valence-electron chi connectivity index (χ2n) is 5.87. The van der Waals surface area contributed by atoms with Crippen LogP contribution >= 0.6 is 11.8 Å². The molecule has 3 nitrogen and oxygen atoms in total. The van der Waals surface area contributed by atoms with Crippen molar-refractivity contribution in [2.24, 2.45) is 5.92 Å². The topological polar surface area (TPSA) is 29.5 Å². The lowest BCUT2D eigenvalue weighted by atomic mass is 9.81. The van der Waals surface area contributed by atoms with Crippen LogP contribution in [-0.4, -0.2) is 48.8 Å². The Kier molecular flexibility index (Phi) is 5.09. The maximum absolute atomic E-state index is 12.8. The quantitative estimate of drug-likeness (QED) is 0.793. The average molecular weight is 283 g/mol. The van der Waals surface area contributed by atoms with Crippen LogP contribution in [0.3, 0.4) is 0 Å². The van der Waals surface area contributed by atoms with Gasteiger partial charge in [0.05, 0.1) is 18.8 Å². The van der Waals surface area contributed by atoms with Crippen molar-refractivity contribution in [1.82, 2.24) is 4.90 Å². The highest BCUT2D eigenvalue weighted by Gasteiger charge is 2.39. The van der Waals surface area contributed by atoms with E-state index in [4.69, 9.17) is 4.74 Å². The monoisotopic (exact) mass is 283 g/mol. The number of ether oxygens (including phenoxy) is 1. The summed E-state index contributed by atoms with van der Waals surface area (Å²) >= 11 is 1.82. The molecule has 1 saturated heterocycles. The Labute approximate surface area is 120 Å². The lowest BCUT2D eigenvalue weighted by Gasteiger charge is -2.41. The van der Waals surface area contributed by atoms with E-state index in [2.05, 4.69) is 31.1 Å². The molecule has 0 bridgehead atoms. The first kappa shape index (κ1) is 15.1. The summed E-state index contributed by atoms with van der Waals surface area (Å²) in [5.41, 5.74) is -0.348. The lowest BCUT2D eigenvalue weighted by molar-refractivity contribution is -0.136. The molecule has 1 aliphatic heterocycles. The van der Waals surface area contributed by atoms with Crippen LogP contribution in [0.15, 0.2) is 11.0 Å². The fraction of sp³-hybridized carbons (Fsp3) is 0.800. The first-order chi connectivity index (χ1) is 9.05. The van der Waals surface area contributed by atoms with Crippen LogP contribution in [-0.2, 0) is 9.53 Å². The Morgan fingerprint density at radius 1 is 1.42 bits per heavy atom. The number of allylic oxidation sites excluding steroid dienone is 2. The normalized spacial score (nSPS) is 26.1. The van der Waals surface area contributed by atoms with Gasteiger partial charge in [-0.2, -0.15) is 0 Å². The fourth-order valence-electron chi connectivity index (χ4n) is 3.01. The third-order valence-electron chi connectivity index (χ3n) is 4.41. The summed E-state index contributed by atoms with van der Waals surface area (Å²) in [6.07, 6.45) is 7.37. The van der Waals surface area contributed by atoms with Crippen LogP contribution in [0.2, 0.25) is 0 Å². The molecule has 0 aromatic heterocycles. The SMILES string of the molecule is CSC1=CCC(C(=O)C(C)(C)N2CCOCC2)CC1. The van der Waals surface area contributed by atoms with E-state index in [1.54, 1.807) is 0 Å². The number of morpholine rings is 1. The van der Waals surface area contributed by atoms with E-state index in [0.717, 1.165) is 45.6 Å². The fourth-order valence-corrected chi connectivity index (χ4v) is 3.60. The highest BCUT2D eigenvalue weighted by atomic mass is 32.2. The first-order valence-corrected chi connectivity index (χ1v) is 8.38. The maximum atomic E-state index is 12.8. The summed E-state index contributed by atoms with van der Waals surface area (Å²) in [4.78, 5) is 16.5. The van der Waals surface area contributed by atoms with Crippen molar-refractivity contribution in [3.63, 3.8) is 0 Å². The summed E-state index contributed by atoms with van der Waals surface area (Å²) in [6, 6.07) is 0. The van der Waals surface area contributed by atoms with Crippen molar-refractivity contribution in [3.8, 4) is 0 Å². The minimum atomic E-state index is -0.348. The van der Waals surface area contributed by atoms with Gasteiger partial charge in [-0.25, -0.2) is 0 Å². The van der Waals surface area contributed by atoms with E-state index in [-0.39, 0.29) is 11.5 Å². The van der Waals surface area contributed by atoms with Gasteiger partial charge in [-0.15, -0.1) is 11.8 Å². The molecule has 1 unspecified atom stereocenters. The van der Waals surface area contributed by atoms with Crippen molar-refractivity contribution >= 4 is 17.5 Å². The van der Waals surface area contributed by atoms with Gasteiger partial charge in [-0.1, -0.05) is 6.08 Å². The number of Topliss-reactive ketones (excluding diaryl/α,β-unsaturated/α-hetero) is 1. The molecule has 1 heterocycles. The molecule has 0 radical (unpaired) electrons. The predicted molar refractivity (Wildman–Crippen MR) is 80.4 cm³/mol. The van der Waals surface area contributed by atoms with E-state index in [1.165, 1.54) is 4.91 Å². The lowest BCUT2D eigenvalue weighted by Crippen LogP contribution is -2.56. The van der Waals surface area contributed by atoms with E-state index in [0.29, 0.717) is 5.78 Å². The van der Waals surface area contributed by atoms with E-state index in [9.17, 15) is 4.79 Å². The van der Waals surface area contributed by atoms with Crippen LogP contribution in [0.5, 0.6) is 0 Å². The molecule has 19 heavy (non-hydrogen) atoms. The molecule has 0 amide bonds. The molecule has 1 fully saturated rings. The average Bonchev–Trinajstić information content (AvgIpc) is 2.47. The molecule has 0 aromatic rings. The summed E-state index contributed by atoms with van der Waals surface area (Å²) < 4.78 is 5.38. The van der Waals surface area contributed by atoms with E-state index >= 15 is 0 Å². The van der Waals surface area contributed by atoms with Gasteiger partial charge < -0.3 is 4.74 Å². The molecule has 1 atom stereocenters. The molecule has 1 aliphatic carbocycles. The van der Waals surface area contributed by atoms with Gasteiger partial charge in [0.15, 0.2) is 5.78 Å². The molecule has 4 heteroatoms. The van der Waals surface area contributed by atoms with Gasteiger partial charge in [0.25, 0.3) is 0 Å². The number of ketones is 1. The van der Waals surface area contributed by atoms with Gasteiger partial charge in [0.1, 0.15) is 0 Å². The first-order valence-electron chi connectivity index (χ1n) is 7.16. The van der Waals surface area contributed by atoms with Crippen LogP contribution in [0.25, 0.3) is 0 Å². The second-order valence-corrected chi connectivity index (χ2v) is 6.80. The molecule has 2 aliphatic rings. The number of hydrogen-bond acceptors (Lipinski definition) is 4. The highest BCUT2D eigenvalue weighted by Crippen LogP contribution is 2.33. The van der Waals surface area contributed by atoms with E-state index in [1.807, 2.05) is 11.8 Å². The summed E-state index contributed by atoms with van der Waals surface area (Å²) in [5, 5.41) is 0. The Balaban J connectivity index is 2.00. The second kappa shape index (κ2) is 6.42. The third kappa shape index (κ3) is 3.41. The third-order valence-corrected chi connectivity index (χ3v) is 5.30. The van der Waals surface area contributed by atoms with Crippen LogP contribution < -0.4 is 0 Å². The van der Waals surface area contributed by atoms with Gasteiger partial charge in [0.2, 0.25) is 0 Å². The highest BCUT2D eigenvalue weighted by molar-refractivity contribution is 8.02. The molecular weight excluding hydrogens is 258 g/mol. The van der Waals surface area contributed by atoms with Gasteiger partial charge >= 0.3 is 0 Å². The Morgan fingerprint density at radius 2 is 2.11 bits per heavy atom. The molecule has 0 saturated carbocycles. The number of carbonyl (C=O) groups is 1. The molecule has 0 aromatic carbocycles. The number of carbonyl (C=O) groups excluding carboxylic acids is 1. The number of thioether (sulfide) groups is 1. The zero-order chi connectivity index (χ0) is 13.9. The molecule has 2 rings (SSSR count). The number of rotatable bonds is 4. The van der Waals surface area contributed by atoms with Gasteiger partial charge in [-0.3, -0.25) is 9.69 Å². The molecule has 108 valence electrons. The number of nitrogens with zero attached hydrogens (tertiary/aromatic N) is 1. The van der Waals surface area contributed by atoms with E-state index < -0.39 is 0 Å². The molecule has 0 spiro atoms. The Bertz CT molecular complexity index is 359. The zero-order valence-electron chi connectivity index (χ0n) is 12.3. The van der Waals surface area contributed by atoms with Crippen LogP contribution in [0.1, 0.15) is 33.1 Å². The molecular formula is C15H25NO2S. The standard InChI is InChI=1S/C15H25NO2S/c1-15(2,16-8-10-18-11-9-16)14(17)12-4-6-13(19-3)7-5-12/h6,12H,4-5,7-11H2,1-3H3. The number of hydrogen-bond donors (Lipinski definition) is 0. The van der Waals surface area contributed by atoms with Crippen molar-refractivity contribution < 1.29 is 9.53 Å². The molecule has 0 N–H and O–H groups in total. The largest absolute Gasteiger partial charge is 0.379 e. The van der Waals surface area contributed by atoms with Gasteiger partial charge in [0, 0.05) is 19.0 Å². The maximum Gasteiger partial charge on any atom is 0.155 e. The minimum Gasteiger partial charge on any atom is -0.379 e. The summed E-state index contributed by atoms with van der Waals surface area (Å²) in [6.45, 7) is 7.40. The van der Waals surface area contributed by atoms with Crippen molar-refractivity contribution in [2.75, 3.05) is 32.6 Å². The predicted octanol–water partition coefficient (Wildman–Crippen LogP) is 2.71.